The summed E-state index contributed by atoms with van der Waals surface area (Å²) in [6.45, 7) is 3.11. The number of carbonyl (C=O) groups excluding carboxylic acids is 1. The molecule has 3 aromatic heterocycles. The maximum absolute atomic E-state index is 11.9. The Morgan fingerprint density at radius 1 is 1.41 bits per heavy atom. The summed E-state index contributed by atoms with van der Waals surface area (Å²) in [6.07, 6.45) is 6.89. The van der Waals surface area contributed by atoms with E-state index in [0.29, 0.717) is 18.8 Å². The summed E-state index contributed by atoms with van der Waals surface area (Å²) in [5, 5.41) is 10.8. The van der Waals surface area contributed by atoms with Gasteiger partial charge in [-0.05, 0) is 13.0 Å². The lowest BCUT2D eigenvalue weighted by Crippen LogP contribution is -2.31. The number of pyridine rings is 1. The number of aryl methyl sites for hydroxylation is 2. The van der Waals surface area contributed by atoms with E-state index in [-0.39, 0.29) is 6.03 Å². The van der Waals surface area contributed by atoms with Gasteiger partial charge in [-0.1, -0.05) is 0 Å². The SMILES string of the molecule is Cc1nn(C)c2ncc(NC(=O)NCCn3ccnc3)cc12. The summed E-state index contributed by atoms with van der Waals surface area (Å²) in [5.41, 5.74) is 2.32. The van der Waals surface area contributed by atoms with Crippen molar-refractivity contribution in [3.63, 3.8) is 0 Å². The Bertz CT molecular complexity index is 791. The van der Waals surface area contributed by atoms with Crippen LogP contribution in [0.4, 0.5) is 10.5 Å². The molecular weight excluding hydrogens is 282 g/mol. The number of amides is 2. The molecule has 8 heteroatoms. The molecule has 3 rings (SSSR count). The highest BCUT2D eigenvalue weighted by atomic mass is 16.2. The molecule has 0 saturated carbocycles. The second-order valence-corrected chi connectivity index (χ2v) is 4.99. The monoisotopic (exact) mass is 299 g/mol. The first kappa shape index (κ1) is 14.1. The fraction of sp³-hybridized carbons (Fsp3) is 0.286. The number of hydrogen-bond acceptors (Lipinski definition) is 4. The number of rotatable bonds is 4. The largest absolute Gasteiger partial charge is 0.336 e. The van der Waals surface area contributed by atoms with E-state index in [1.807, 2.05) is 30.8 Å². The Kier molecular flexibility index (Phi) is 3.73. The number of fused-ring (bicyclic) bond motifs is 1. The van der Waals surface area contributed by atoms with Gasteiger partial charge in [0.2, 0.25) is 0 Å². The first-order chi connectivity index (χ1) is 10.6. The van der Waals surface area contributed by atoms with Gasteiger partial charge < -0.3 is 15.2 Å². The second kappa shape index (κ2) is 5.84. The molecular formula is C14H17N7O. The molecule has 0 aliphatic heterocycles. The minimum Gasteiger partial charge on any atom is -0.336 e. The third kappa shape index (κ3) is 2.90. The first-order valence-electron chi connectivity index (χ1n) is 6.93. The smallest absolute Gasteiger partial charge is 0.319 e. The van der Waals surface area contributed by atoms with Crippen molar-refractivity contribution in [2.75, 3.05) is 11.9 Å². The Morgan fingerprint density at radius 3 is 3.05 bits per heavy atom. The van der Waals surface area contributed by atoms with Crippen LogP contribution < -0.4 is 10.6 Å². The summed E-state index contributed by atoms with van der Waals surface area (Å²) in [6, 6.07) is 1.61. The summed E-state index contributed by atoms with van der Waals surface area (Å²) in [5.74, 6) is 0. The van der Waals surface area contributed by atoms with Crippen LogP contribution >= 0.6 is 0 Å². The molecule has 0 aromatic carbocycles. The lowest BCUT2D eigenvalue weighted by atomic mass is 10.2. The predicted octanol–water partition coefficient (Wildman–Crippen LogP) is 1.29. The number of hydrogen-bond donors (Lipinski definition) is 2. The molecule has 3 aromatic rings. The number of aromatic nitrogens is 5. The summed E-state index contributed by atoms with van der Waals surface area (Å²) in [4.78, 5) is 20.1. The van der Waals surface area contributed by atoms with Gasteiger partial charge in [0, 0.05) is 37.9 Å². The van der Waals surface area contributed by atoms with Crippen LogP contribution in [0.15, 0.2) is 31.0 Å². The van der Waals surface area contributed by atoms with Gasteiger partial charge in [-0.15, -0.1) is 0 Å². The van der Waals surface area contributed by atoms with Crippen LogP contribution in [-0.4, -0.2) is 36.9 Å². The summed E-state index contributed by atoms with van der Waals surface area (Å²) >= 11 is 0. The van der Waals surface area contributed by atoms with E-state index in [1.54, 1.807) is 23.4 Å². The number of nitrogens with one attached hydrogen (secondary N) is 2. The Balaban J connectivity index is 1.60. The molecule has 2 amide bonds. The summed E-state index contributed by atoms with van der Waals surface area (Å²) < 4.78 is 3.62. The van der Waals surface area contributed by atoms with Gasteiger partial charge in [0.1, 0.15) is 0 Å². The average molecular weight is 299 g/mol. The van der Waals surface area contributed by atoms with Gasteiger partial charge >= 0.3 is 6.03 Å². The standard InChI is InChI=1S/C14H17N7O/c1-10-12-7-11(8-17-13(12)20(2)19-10)18-14(22)16-4-6-21-5-3-15-9-21/h3,5,7-9H,4,6H2,1-2H3,(H2,16,18,22). The van der Waals surface area contributed by atoms with Gasteiger partial charge in [-0.2, -0.15) is 5.10 Å². The lowest BCUT2D eigenvalue weighted by molar-refractivity contribution is 0.251. The molecule has 2 N–H and O–H groups in total. The quantitative estimate of drug-likeness (QED) is 0.759. The van der Waals surface area contributed by atoms with Crippen molar-refractivity contribution in [1.29, 1.82) is 0 Å². The van der Waals surface area contributed by atoms with Crippen molar-refractivity contribution in [2.45, 2.75) is 13.5 Å². The Morgan fingerprint density at radius 2 is 2.27 bits per heavy atom. The molecule has 0 fully saturated rings. The minimum atomic E-state index is -0.261. The molecule has 0 radical (unpaired) electrons. The van der Waals surface area contributed by atoms with Crippen molar-refractivity contribution in [3.05, 3.63) is 36.7 Å². The molecule has 0 saturated heterocycles. The fourth-order valence-corrected chi connectivity index (χ4v) is 2.27. The number of carbonyl (C=O) groups is 1. The number of urea groups is 1. The van der Waals surface area contributed by atoms with Crippen LogP contribution in [0.3, 0.4) is 0 Å². The van der Waals surface area contributed by atoms with Crippen molar-refractivity contribution in [2.24, 2.45) is 7.05 Å². The minimum absolute atomic E-state index is 0.261. The highest BCUT2D eigenvalue weighted by Gasteiger charge is 2.08. The molecule has 0 spiro atoms. The van der Waals surface area contributed by atoms with Crippen LogP contribution in [0.2, 0.25) is 0 Å². The van der Waals surface area contributed by atoms with Gasteiger partial charge in [0.25, 0.3) is 0 Å². The molecule has 3 heterocycles. The highest BCUT2D eigenvalue weighted by molar-refractivity contribution is 5.91. The molecule has 0 unspecified atom stereocenters. The van der Waals surface area contributed by atoms with Crippen LogP contribution in [0.25, 0.3) is 11.0 Å². The Labute approximate surface area is 127 Å². The lowest BCUT2D eigenvalue weighted by Gasteiger charge is -2.08. The van der Waals surface area contributed by atoms with E-state index in [4.69, 9.17) is 0 Å². The number of imidazole rings is 1. The van der Waals surface area contributed by atoms with Crippen molar-refractivity contribution >= 4 is 22.8 Å². The summed E-state index contributed by atoms with van der Waals surface area (Å²) in [7, 11) is 1.85. The Hall–Kier alpha value is -2.90. The molecule has 114 valence electrons. The third-order valence-electron chi connectivity index (χ3n) is 3.34. The van der Waals surface area contributed by atoms with E-state index in [2.05, 4.69) is 25.7 Å². The normalized spacial score (nSPS) is 10.8. The molecule has 0 bridgehead atoms. The first-order valence-corrected chi connectivity index (χ1v) is 6.93. The van der Waals surface area contributed by atoms with Crippen LogP contribution in [0.1, 0.15) is 5.69 Å². The fourth-order valence-electron chi connectivity index (χ4n) is 2.27. The van der Waals surface area contributed by atoms with Crippen molar-refractivity contribution in [3.8, 4) is 0 Å². The van der Waals surface area contributed by atoms with Gasteiger partial charge in [0.15, 0.2) is 5.65 Å². The van der Waals surface area contributed by atoms with E-state index in [1.165, 1.54) is 0 Å². The van der Waals surface area contributed by atoms with Crippen LogP contribution in [0, 0.1) is 6.92 Å². The molecule has 22 heavy (non-hydrogen) atoms. The van der Waals surface area contributed by atoms with Crippen molar-refractivity contribution in [1.82, 2.24) is 29.6 Å². The third-order valence-corrected chi connectivity index (χ3v) is 3.34. The number of nitrogens with zero attached hydrogens (tertiary/aromatic N) is 5. The van der Waals surface area contributed by atoms with E-state index in [9.17, 15) is 4.79 Å². The zero-order chi connectivity index (χ0) is 15.5. The van der Waals surface area contributed by atoms with E-state index in [0.717, 1.165) is 16.7 Å². The van der Waals surface area contributed by atoms with Crippen molar-refractivity contribution < 1.29 is 4.79 Å². The van der Waals surface area contributed by atoms with Gasteiger partial charge in [0.05, 0.1) is 23.9 Å². The van der Waals surface area contributed by atoms with Crippen LogP contribution in [-0.2, 0) is 13.6 Å². The van der Waals surface area contributed by atoms with Crippen LogP contribution in [0.5, 0.6) is 0 Å². The van der Waals surface area contributed by atoms with Gasteiger partial charge in [-0.3, -0.25) is 4.68 Å². The van der Waals surface area contributed by atoms with E-state index < -0.39 is 0 Å². The zero-order valence-electron chi connectivity index (χ0n) is 12.4. The zero-order valence-corrected chi connectivity index (χ0v) is 12.4. The average Bonchev–Trinajstić information content (AvgIpc) is 3.08. The molecule has 8 nitrogen and oxygen atoms in total. The maximum Gasteiger partial charge on any atom is 0.319 e. The second-order valence-electron chi connectivity index (χ2n) is 4.99. The topological polar surface area (TPSA) is 89.7 Å². The molecule has 0 aliphatic carbocycles. The maximum atomic E-state index is 11.9. The molecule has 0 aliphatic rings. The van der Waals surface area contributed by atoms with Gasteiger partial charge in [-0.25, -0.2) is 14.8 Å². The number of anilines is 1. The van der Waals surface area contributed by atoms with E-state index >= 15 is 0 Å². The molecule has 0 atom stereocenters. The predicted molar refractivity (Wildman–Crippen MR) is 82.5 cm³/mol. The highest BCUT2D eigenvalue weighted by Crippen LogP contribution is 2.18.